The molecule has 150 valence electrons. The van der Waals surface area contributed by atoms with Crippen molar-refractivity contribution in [3.63, 3.8) is 0 Å². The van der Waals surface area contributed by atoms with Gasteiger partial charge >= 0.3 is 0 Å². The van der Waals surface area contributed by atoms with Gasteiger partial charge in [0.25, 0.3) is 17.3 Å². The Balaban J connectivity index is 1.60. The van der Waals surface area contributed by atoms with Crippen molar-refractivity contribution in [3.8, 4) is 0 Å². The van der Waals surface area contributed by atoms with Gasteiger partial charge in [-0.25, -0.2) is 0 Å². The van der Waals surface area contributed by atoms with E-state index < -0.39 is 15.5 Å². The maximum atomic E-state index is 12.7. The molecule has 1 N–H and O–H groups in total. The molecule has 0 aliphatic carbocycles. The number of pyridine rings is 1. The van der Waals surface area contributed by atoms with Gasteiger partial charge in [-0.2, -0.15) is 0 Å². The quantitative estimate of drug-likeness (QED) is 0.504. The molecule has 0 spiro atoms. The molecular formula is C20H15N5O5. The lowest BCUT2D eigenvalue weighted by Gasteiger charge is -2.17. The van der Waals surface area contributed by atoms with Gasteiger partial charge in [0, 0.05) is 36.4 Å². The number of rotatable bonds is 5. The largest absolute Gasteiger partial charge is 0.350 e. The average molecular weight is 405 g/mol. The smallest absolute Gasteiger partial charge is 0.299 e. The van der Waals surface area contributed by atoms with Gasteiger partial charge in [0.2, 0.25) is 0 Å². The second-order valence-corrected chi connectivity index (χ2v) is 6.63. The first kappa shape index (κ1) is 19.0. The number of anilines is 3. The van der Waals surface area contributed by atoms with E-state index in [1.165, 1.54) is 18.3 Å². The Labute approximate surface area is 170 Å². The lowest BCUT2D eigenvalue weighted by molar-refractivity contribution is -0.393. The highest BCUT2D eigenvalue weighted by Crippen LogP contribution is 2.35. The maximum Gasteiger partial charge on any atom is 0.299 e. The highest BCUT2D eigenvalue weighted by atomic mass is 16.6. The lowest BCUT2D eigenvalue weighted by Crippen LogP contribution is -2.28. The van der Waals surface area contributed by atoms with Crippen molar-refractivity contribution in [1.29, 1.82) is 0 Å². The van der Waals surface area contributed by atoms with Crippen LogP contribution in [0.5, 0.6) is 0 Å². The first-order chi connectivity index (χ1) is 14.4. The van der Waals surface area contributed by atoms with Crippen LogP contribution < -0.4 is 10.2 Å². The topological polar surface area (TPSA) is 132 Å². The third-order valence-electron chi connectivity index (χ3n) is 4.80. The summed E-state index contributed by atoms with van der Waals surface area (Å²) in [5, 5.41) is 25.2. The zero-order chi connectivity index (χ0) is 21.3. The van der Waals surface area contributed by atoms with E-state index in [0.717, 1.165) is 17.3 Å². The van der Waals surface area contributed by atoms with Crippen molar-refractivity contribution < 1.29 is 14.6 Å². The van der Waals surface area contributed by atoms with E-state index >= 15 is 0 Å². The number of nitro groups is 2. The molecule has 2 aromatic carbocycles. The van der Waals surface area contributed by atoms with Crippen molar-refractivity contribution in [1.82, 2.24) is 4.98 Å². The number of nitrogens with one attached hydrogen (secondary N) is 1. The Kier molecular flexibility index (Phi) is 4.80. The van der Waals surface area contributed by atoms with Crippen LogP contribution >= 0.6 is 0 Å². The summed E-state index contributed by atoms with van der Waals surface area (Å²) in [6, 6.07) is 12.1. The average Bonchev–Trinajstić information content (AvgIpc) is 3.17. The second-order valence-electron chi connectivity index (χ2n) is 6.63. The number of non-ortho nitro benzene ring substituents is 1. The van der Waals surface area contributed by atoms with E-state index in [0.29, 0.717) is 24.2 Å². The van der Waals surface area contributed by atoms with Crippen molar-refractivity contribution in [2.75, 3.05) is 16.8 Å². The molecular weight excluding hydrogens is 390 g/mol. The van der Waals surface area contributed by atoms with Gasteiger partial charge in [0.05, 0.1) is 21.5 Å². The van der Waals surface area contributed by atoms with Crippen LogP contribution in [0.2, 0.25) is 0 Å². The fourth-order valence-corrected chi connectivity index (χ4v) is 3.38. The van der Waals surface area contributed by atoms with Crippen LogP contribution in [0.15, 0.2) is 60.9 Å². The van der Waals surface area contributed by atoms with Crippen LogP contribution in [0.25, 0.3) is 0 Å². The fourth-order valence-electron chi connectivity index (χ4n) is 3.38. The molecule has 3 aromatic rings. The number of fused-ring (bicyclic) bond motifs is 1. The van der Waals surface area contributed by atoms with Crippen LogP contribution in [-0.2, 0) is 6.42 Å². The molecule has 0 atom stereocenters. The van der Waals surface area contributed by atoms with Gasteiger partial charge in [0.1, 0.15) is 5.69 Å². The molecule has 1 amide bonds. The standard InChI is InChI=1S/C20H15N5O5/c26-20(14-2-1-8-21-12-14)23-9-7-13-10-15(3-6-18(13)23)22-17-5-4-16(24(27)28)11-19(17)25(29)30/h1-6,8,10-12,22H,7,9H2. The number of carbonyl (C=O) groups is 1. The summed E-state index contributed by atoms with van der Waals surface area (Å²) in [6.07, 6.45) is 3.76. The number of hydrogen-bond acceptors (Lipinski definition) is 7. The summed E-state index contributed by atoms with van der Waals surface area (Å²) >= 11 is 0. The first-order valence-electron chi connectivity index (χ1n) is 8.99. The molecule has 2 heterocycles. The molecule has 0 unspecified atom stereocenters. The third kappa shape index (κ3) is 3.53. The summed E-state index contributed by atoms with van der Waals surface area (Å²) in [5.41, 5.74) is 2.17. The number of nitro benzene ring substituents is 2. The summed E-state index contributed by atoms with van der Waals surface area (Å²) < 4.78 is 0. The number of hydrogen-bond donors (Lipinski definition) is 1. The summed E-state index contributed by atoms with van der Waals surface area (Å²) in [6.45, 7) is 0.518. The SMILES string of the molecule is O=C(c1cccnc1)N1CCc2cc(Nc3ccc([N+](=O)[O-])cc3[N+](=O)[O-])ccc21. The normalized spacial score (nSPS) is 12.3. The molecule has 4 rings (SSSR count). The van der Waals surface area contributed by atoms with Gasteiger partial charge in [-0.15, -0.1) is 0 Å². The van der Waals surface area contributed by atoms with E-state index in [9.17, 15) is 25.0 Å². The first-order valence-corrected chi connectivity index (χ1v) is 8.99. The van der Waals surface area contributed by atoms with Gasteiger partial charge in [-0.05, 0) is 48.4 Å². The van der Waals surface area contributed by atoms with Crippen molar-refractivity contribution >= 4 is 34.3 Å². The number of carbonyl (C=O) groups excluding carboxylic acids is 1. The molecule has 0 radical (unpaired) electrons. The number of amides is 1. The second kappa shape index (κ2) is 7.59. The monoisotopic (exact) mass is 405 g/mol. The van der Waals surface area contributed by atoms with Crippen LogP contribution in [0.1, 0.15) is 15.9 Å². The highest BCUT2D eigenvalue weighted by molar-refractivity contribution is 6.07. The minimum Gasteiger partial charge on any atom is -0.350 e. The molecule has 0 bridgehead atoms. The van der Waals surface area contributed by atoms with Gasteiger partial charge in [-0.3, -0.25) is 30.0 Å². The lowest BCUT2D eigenvalue weighted by atomic mass is 10.1. The van der Waals surface area contributed by atoms with Crippen LogP contribution in [0.4, 0.5) is 28.4 Å². The molecule has 1 aliphatic rings. The van der Waals surface area contributed by atoms with E-state index in [1.54, 1.807) is 35.4 Å². The van der Waals surface area contributed by atoms with Crippen LogP contribution in [0, 0.1) is 20.2 Å². The molecule has 10 heteroatoms. The minimum atomic E-state index is -0.681. The third-order valence-corrected chi connectivity index (χ3v) is 4.80. The van der Waals surface area contributed by atoms with Crippen LogP contribution in [-0.4, -0.2) is 27.3 Å². The Morgan fingerprint density at radius 3 is 2.60 bits per heavy atom. The number of aromatic nitrogens is 1. The van der Waals surface area contributed by atoms with E-state index in [4.69, 9.17) is 0 Å². The predicted octanol–water partition coefficient (Wildman–Crippen LogP) is 3.84. The summed E-state index contributed by atoms with van der Waals surface area (Å²) in [7, 11) is 0. The summed E-state index contributed by atoms with van der Waals surface area (Å²) in [4.78, 5) is 39.2. The Morgan fingerprint density at radius 2 is 1.90 bits per heavy atom. The Bertz CT molecular complexity index is 1170. The zero-order valence-corrected chi connectivity index (χ0v) is 15.5. The molecule has 30 heavy (non-hydrogen) atoms. The van der Waals surface area contributed by atoms with E-state index in [1.807, 2.05) is 6.07 Å². The maximum absolute atomic E-state index is 12.7. The van der Waals surface area contributed by atoms with Crippen LogP contribution in [0.3, 0.4) is 0 Å². The van der Waals surface area contributed by atoms with E-state index in [-0.39, 0.29) is 17.3 Å². The molecule has 10 nitrogen and oxygen atoms in total. The molecule has 0 fully saturated rings. The fraction of sp³-hybridized carbons (Fsp3) is 0.100. The van der Waals surface area contributed by atoms with E-state index in [2.05, 4.69) is 10.3 Å². The van der Waals surface area contributed by atoms with Gasteiger partial charge < -0.3 is 10.2 Å². The Hall–Kier alpha value is -4.34. The minimum absolute atomic E-state index is 0.145. The summed E-state index contributed by atoms with van der Waals surface area (Å²) in [5.74, 6) is -0.145. The Morgan fingerprint density at radius 1 is 1.07 bits per heavy atom. The number of nitrogens with zero attached hydrogens (tertiary/aromatic N) is 4. The molecule has 0 saturated carbocycles. The zero-order valence-electron chi connectivity index (χ0n) is 15.5. The van der Waals surface area contributed by atoms with Crippen molar-refractivity contribution in [2.45, 2.75) is 6.42 Å². The number of benzene rings is 2. The highest BCUT2D eigenvalue weighted by Gasteiger charge is 2.26. The van der Waals surface area contributed by atoms with Gasteiger partial charge in [0.15, 0.2) is 0 Å². The van der Waals surface area contributed by atoms with Crippen molar-refractivity contribution in [2.24, 2.45) is 0 Å². The molecule has 1 aliphatic heterocycles. The molecule has 1 aromatic heterocycles. The predicted molar refractivity (Wildman–Crippen MR) is 109 cm³/mol. The van der Waals surface area contributed by atoms with Gasteiger partial charge in [-0.1, -0.05) is 0 Å². The molecule has 0 saturated heterocycles. The van der Waals surface area contributed by atoms with Crippen molar-refractivity contribution in [3.05, 3.63) is 92.3 Å².